The molecule has 0 aromatic carbocycles. The molecule has 284 valence electrons. The van der Waals surface area contributed by atoms with Crippen molar-refractivity contribution in [2.75, 3.05) is 14.2 Å². The van der Waals surface area contributed by atoms with Gasteiger partial charge < -0.3 is 27.8 Å². The Bertz CT molecular complexity index is 1800. The number of oxazole rings is 2. The predicted molar refractivity (Wildman–Crippen MR) is 195 cm³/mol. The SMILES string of the molecule is CC=CC(=O)C(C)(C(=O)OC)C1CC=CC=CC=Cc2nc(co2)C(=O)OC(C(C)(C(=O)C=CC)C(=O)OC)CC=CC=CC=Cc2nc(co2)C(=O)O1. The van der Waals surface area contributed by atoms with Gasteiger partial charge in [-0.25, -0.2) is 19.6 Å². The summed E-state index contributed by atoms with van der Waals surface area (Å²) in [7, 11) is 2.26. The fourth-order valence-corrected chi connectivity index (χ4v) is 5.05. The molecule has 1 aliphatic rings. The lowest BCUT2D eigenvalue weighted by molar-refractivity contribution is -0.164. The average Bonchev–Trinajstić information content (AvgIpc) is 3.85. The van der Waals surface area contributed by atoms with Crippen molar-refractivity contribution >= 4 is 47.6 Å². The zero-order valence-electron chi connectivity index (χ0n) is 30.8. The van der Waals surface area contributed by atoms with Gasteiger partial charge in [-0.2, -0.15) is 0 Å². The van der Waals surface area contributed by atoms with Gasteiger partial charge in [0.2, 0.25) is 11.8 Å². The number of ketones is 2. The molecule has 1 aliphatic heterocycles. The first kappa shape index (κ1) is 42.0. The molecule has 0 amide bonds. The van der Waals surface area contributed by atoms with Gasteiger partial charge in [0.25, 0.3) is 0 Å². The van der Waals surface area contributed by atoms with E-state index < -0.39 is 58.5 Å². The van der Waals surface area contributed by atoms with Crippen molar-refractivity contribution in [3.8, 4) is 0 Å². The van der Waals surface area contributed by atoms with E-state index in [9.17, 15) is 28.8 Å². The van der Waals surface area contributed by atoms with Crippen LogP contribution in [0.15, 0.2) is 106 Å². The summed E-state index contributed by atoms with van der Waals surface area (Å²) in [6.45, 7) is 5.89. The number of hydrogen-bond donors (Lipinski definition) is 0. The summed E-state index contributed by atoms with van der Waals surface area (Å²) in [4.78, 5) is 87.1. The molecule has 0 spiro atoms. The van der Waals surface area contributed by atoms with Gasteiger partial charge in [0.05, 0.1) is 14.2 Å². The molecule has 14 nitrogen and oxygen atoms in total. The van der Waals surface area contributed by atoms with Crippen LogP contribution in [0.3, 0.4) is 0 Å². The summed E-state index contributed by atoms with van der Waals surface area (Å²) in [5.74, 6) is -4.84. The maximum Gasteiger partial charge on any atom is 0.360 e. The van der Waals surface area contributed by atoms with Crippen LogP contribution in [0, 0.1) is 10.8 Å². The molecule has 0 saturated heterocycles. The van der Waals surface area contributed by atoms with Crippen molar-refractivity contribution < 1.29 is 56.5 Å². The van der Waals surface area contributed by atoms with E-state index in [0.29, 0.717) is 0 Å². The number of rotatable bonds is 8. The van der Waals surface area contributed by atoms with E-state index >= 15 is 0 Å². The summed E-state index contributed by atoms with van der Waals surface area (Å²) in [6.07, 6.45) is 23.6. The van der Waals surface area contributed by atoms with Crippen LogP contribution < -0.4 is 0 Å². The highest BCUT2D eigenvalue weighted by molar-refractivity contribution is 6.10. The van der Waals surface area contributed by atoms with E-state index in [1.807, 2.05) is 0 Å². The van der Waals surface area contributed by atoms with Gasteiger partial charge in [0.1, 0.15) is 24.7 Å². The van der Waals surface area contributed by atoms with Crippen LogP contribution in [0.25, 0.3) is 12.2 Å². The van der Waals surface area contributed by atoms with Crippen molar-refractivity contribution in [1.82, 2.24) is 9.97 Å². The molecule has 4 atom stereocenters. The third-order valence-corrected chi connectivity index (χ3v) is 8.24. The third kappa shape index (κ3) is 10.3. The topological polar surface area (TPSA) is 191 Å². The molecule has 54 heavy (non-hydrogen) atoms. The van der Waals surface area contributed by atoms with Crippen molar-refractivity contribution in [3.63, 3.8) is 0 Å². The van der Waals surface area contributed by atoms with Crippen LogP contribution in [-0.2, 0) is 38.1 Å². The summed E-state index contributed by atoms with van der Waals surface area (Å²) in [5, 5.41) is 0. The molecule has 0 N–H and O–H groups in total. The van der Waals surface area contributed by atoms with E-state index in [0.717, 1.165) is 26.7 Å². The first-order valence-electron chi connectivity index (χ1n) is 16.7. The van der Waals surface area contributed by atoms with Crippen LogP contribution in [0.5, 0.6) is 0 Å². The monoisotopic (exact) mass is 742 g/mol. The normalized spacial score (nSPS) is 19.5. The molecule has 2 aromatic heterocycles. The highest BCUT2D eigenvalue weighted by atomic mass is 16.6. The number of carbonyl (C=O) groups is 6. The number of hydrogen-bond acceptors (Lipinski definition) is 14. The largest absolute Gasteiger partial charge is 0.468 e. The van der Waals surface area contributed by atoms with Crippen LogP contribution in [-0.4, -0.2) is 71.8 Å². The Balaban J connectivity index is 2.03. The lowest BCUT2D eigenvalue weighted by Gasteiger charge is -2.31. The van der Waals surface area contributed by atoms with E-state index in [1.165, 1.54) is 50.3 Å². The van der Waals surface area contributed by atoms with E-state index in [2.05, 4.69) is 9.97 Å². The summed E-state index contributed by atoms with van der Waals surface area (Å²) in [6, 6.07) is 0. The number of carbonyl (C=O) groups excluding carboxylic acids is 6. The molecule has 14 heteroatoms. The molecule has 3 rings (SSSR count). The fraction of sp³-hybridized carbons (Fsp3) is 0.300. The Morgan fingerprint density at radius 1 is 0.648 bits per heavy atom. The lowest BCUT2D eigenvalue weighted by atomic mass is 9.78. The van der Waals surface area contributed by atoms with Gasteiger partial charge in [-0.1, -0.05) is 72.9 Å². The number of ether oxygens (including phenoxy) is 4. The predicted octanol–water partition coefficient (Wildman–Crippen LogP) is 6.11. The number of esters is 4. The number of methoxy groups -OCH3 is 2. The van der Waals surface area contributed by atoms with Crippen molar-refractivity contribution in [1.29, 1.82) is 0 Å². The highest BCUT2D eigenvalue weighted by Gasteiger charge is 2.51. The lowest BCUT2D eigenvalue weighted by Crippen LogP contribution is -2.48. The van der Waals surface area contributed by atoms with Crippen molar-refractivity contribution in [3.05, 3.63) is 121 Å². The molecule has 2 aromatic rings. The second kappa shape index (κ2) is 20.0. The Labute approximate surface area is 312 Å². The molecule has 0 fully saturated rings. The Morgan fingerprint density at radius 3 is 1.37 bits per heavy atom. The molecule has 4 unspecified atom stereocenters. The maximum atomic E-state index is 13.2. The maximum absolute atomic E-state index is 13.2. The van der Waals surface area contributed by atoms with Crippen LogP contribution in [0.2, 0.25) is 0 Å². The smallest absolute Gasteiger partial charge is 0.360 e. The number of fused-ring (bicyclic) bond motifs is 4. The molecule has 0 radical (unpaired) electrons. The minimum absolute atomic E-state index is 0.0479. The molecule has 4 bridgehead atoms. The Morgan fingerprint density at radius 2 is 1.02 bits per heavy atom. The number of aromatic nitrogens is 2. The quantitative estimate of drug-likeness (QED) is 0.130. The highest BCUT2D eigenvalue weighted by Crippen LogP contribution is 2.33. The fourth-order valence-electron chi connectivity index (χ4n) is 5.05. The number of cyclic esters (lactones) is 2. The zero-order chi connectivity index (χ0) is 39.7. The average molecular weight is 743 g/mol. The molecule has 0 aliphatic carbocycles. The number of nitrogens with zero attached hydrogens (tertiary/aromatic N) is 2. The molecule has 0 saturated carbocycles. The van der Waals surface area contributed by atoms with Gasteiger partial charge in [0.15, 0.2) is 33.8 Å². The van der Waals surface area contributed by atoms with E-state index in [4.69, 9.17) is 27.8 Å². The van der Waals surface area contributed by atoms with Gasteiger partial charge in [-0.15, -0.1) is 0 Å². The van der Waals surface area contributed by atoms with E-state index in [1.54, 1.807) is 74.6 Å². The summed E-state index contributed by atoms with van der Waals surface area (Å²) in [5.41, 5.74) is -4.22. The van der Waals surface area contributed by atoms with Gasteiger partial charge in [-0.3, -0.25) is 19.2 Å². The summed E-state index contributed by atoms with van der Waals surface area (Å²) < 4.78 is 32.1. The minimum atomic E-state index is -1.90. The Hall–Kier alpha value is -6.44. The number of allylic oxidation sites excluding steroid dienone is 12. The van der Waals surface area contributed by atoms with Gasteiger partial charge >= 0.3 is 23.9 Å². The van der Waals surface area contributed by atoms with Crippen LogP contribution >= 0.6 is 0 Å². The molecular formula is C40H42N2O12. The van der Waals surface area contributed by atoms with Crippen molar-refractivity contribution in [2.24, 2.45) is 10.8 Å². The Kier molecular flexibility index (Phi) is 15.5. The second-order valence-electron chi connectivity index (χ2n) is 11.9. The van der Waals surface area contributed by atoms with Crippen molar-refractivity contribution in [2.45, 2.75) is 52.7 Å². The first-order chi connectivity index (χ1) is 25.9. The standard InChI is InChI=1S/C40H42N2O12/c1-7-19-29(43)39(3,37(47)49-5)31-21-15-11-9-13-17-24-34-42-28(26-52-34)36(46)54-32(40(4,38(48)50-6)30(44)20-8-2)22-16-12-10-14-18-23-33-41-27(25-51-33)35(45)53-31/h7-20,23-26,31-32H,21-22H2,1-6H3. The summed E-state index contributed by atoms with van der Waals surface area (Å²) >= 11 is 0. The minimum Gasteiger partial charge on any atom is -0.468 e. The third-order valence-electron chi connectivity index (χ3n) is 8.24. The molecular weight excluding hydrogens is 700 g/mol. The second-order valence-corrected chi connectivity index (χ2v) is 11.9. The molecule has 3 heterocycles. The van der Waals surface area contributed by atoms with E-state index in [-0.39, 0.29) is 36.0 Å². The van der Waals surface area contributed by atoms with Gasteiger partial charge in [0, 0.05) is 25.0 Å². The van der Waals surface area contributed by atoms with Crippen LogP contribution in [0.1, 0.15) is 73.3 Å². The zero-order valence-corrected chi connectivity index (χ0v) is 30.8. The van der Waals surface area contributed by atoms with Crippen LogP contribution in [0.4, 0.5) is 0 Å². The van der Waals surface area contributed by atoms with Gasteiger partial charge in [-0.05, 0) is 39.8 Å². The first-order valence-corrected chi connectivity index (χ1v) is 16.7.